The lowest BCUT2D eigenvalue weighted by molar-refractivity contribution is 0.616. The fourth-order valence-electron chi connectivity index (χ4n) is 2.06. The van der Waals surface area contributed by atoms with Crippen LogP contribution in [0.1, 0.15) is 18.2 Å². The van der Waals surface area contributed by atoms with Crippen LogP contribution in [0.3, 0.4) is 0 Å². The van der Waals surface area contributed by atoms with E-state index in [0.717, 1.165) is 19.4 Å². The third-order valence-electron chi connectivity index (χ3n) is 2.95. The summed E-state index contributed by atoms with van der Waals surface area (Å²) in [6, 6.07) is 10.5. The van der Waals surface area contributed by atoms with Gasteiger partial charge < -0.3 is 10.3 Å². The lowest BCUT2D eigenvalue weighted by Crippen LogP contribution is -2.26. The summed E-state index contributed by atoms with van der Waals surface area (Å²) in [5, 5.41) is 0. The molecule has 0 saturated carbocycles. The summed E-state index contributed by atoms with van der Waals surface area (Å²) < 4.78 is 2.14. The van der Waals surface area contributed by atoms with Crippen molar-refractivity contribution in [3.63, 3.8) is 0 Å². The molecule has 3 heteroatoms. The molecule has 17 heavy (non-hydrogen) atoms. The smallest absolute Gasteiger partial charge is 0.0948 e. The van der Waals surface area contributed by atoms with Crippen LogP contribution in [0, 0.1) is 0 Å². The van der Waals surface area contributed by atoms with Gasteiger partial charge in [-0.25, -0.2) is 4.98 Å². The average Bonchev–Trinajstić information content (AvgIpc) is 2.77. The molecule has 0 bridgehead atoms. The Morgan fingerprint density at radius 3 is 2.71 bits per heavy atom. The van der Waals surface area contributed by atoms with Crippen molar-refractivity contribution >= 4 is 0 Å². The van der Waals surface area contributed by atoms with Gasteiger partial charge in [-0.3, -0.25) is 0 Å². The SMILES string of the molecule is CCn1cncc1CC(N)Cc1ccccc1. The average molecular weight is 229 g/mol. The van der Waals surface area contributed by atoms with Crippen molar-refractivity contribution in [3.05, 3.63) is 54.1 Å². The Balaban J connectivity index is 1.96. The van der Waals surface area contributed by atoms with Crippen LogP contribution < -0.4 is 5.73 Å². The maximum atomic E-state index is 6.18. The van der Waals surface area contributed by atoms with Crippen molar-refractivity contribution in [3.8, 4) is 0 Å². The molecule has 2 rings (SSSR count). The quantitative estimate of drug-likeness (QED) is 0.852. The van der Waals surface area contributed by atoms with Crippen LogP contribution in [0.5, 0.6) is 0 Å². The van der Waals surface area contributed by atoms with Gasteiger partial charge in [-0.2, -0.15) is 0 Å². The predicted octanol–water partition coefficient (Wildman–Crippen LogP) is 2.02. The van der Waals surface area contributed by atoms with Gasteiger partial charge in [0.15, 0.2) is 0 Å². The number of hydrogen-bond acceptors (Lipinski definition) is 2. The van der Waals surface area contributed by atoms with Crippen LogP contribution in [0.4, 0.5) is 0 Å². The highest BCUT2D eigenvalue weighted by Crippen LogP contribution is 2.07. The number of benzene rings is 1. The van der Waals surface area contributed by atoms with Gasteiger partial charge in [0.25, 0.3) is 0 Å². The first-order valence-electron chi connectivity index (χ1n) is 6.08. The molecule has 2 N–H and O–H groups in total. The molecule has 90 valence electrons. The van der Waals surface area contributed by atoms with Gasteiger partial charge in [-0.1, -0.05) is 30.3 Å². The van der Waals surface area contributed by atoms with E-state index in [4.69, 9.17) is 5.73 Å². The number of imidazole rings is 1. The van der Waals surface area contributed by atoms with Gasteiger partial charge in [0.05, 0.1) is 6.33 Å². The molecule has 0 fully saturated rings. The molecule has 0 saturated heterocycles. The molecule has 1 atom stereocenters. The summed E-state index contributed by atoms with van der Waals surface area (Å²) >= 11 is 0. The molecule has 0 radical (unpaired) electrons. The van der Waals surface area contributed by atoms with Gasteiger partial charge >= 0.3 is 0 Å². The van der Waals surface area contributed by atoms with E-state index in [-0.39, 0.29) is 6.04 Å². The Kier molecular flexibility index (Phi) is 3.94. The molecule has 2 aromatic rings. The summed E-state index contributed by atoms with van der Waals surface area (Å²) in [6.45, 7) is 3.07. The summed E-state index contributed by atoms with van der Waals surface area (Å²) in [6.07, 6.45) is 5.57. The van der Waals surface area contributed by atoms with E-state index in [9.17, 15) is 0 Å². The zero-order valence-corrected chi connectivity index (χ0v) is 10.2. The molecule has 0 amide bonds. The molecule has 0 aliphatic rings. The Hall–Kier alpha value is -1.61. The van der Waals surface area contributed by atoms with Crippen molar-refractivity contribution in [2.75, 3.05) is 0 Å². The first kappa shape index (κ1) is 11.9. The van der Waals surface area contributed by atoms with Crippen molar-refractivity contribution in [2.45, 2.75) is 32.4 Å². The van der Waals surface area contributed by atoms with E-state index in [1.165, 1.54) is 11.3 Å². The second-order valence-electron chi connectivity index (χ2n) is 4.32. The zero-order valence-electron chi connectivity index (χ0n) is 10.2. The normalized spacial score (nSPS) is 12.6. The lowest BCUT2D eigenvalue weighted by Gasteiger charge is -2.12. The molecule has 3 nitrogen and oxygen atoms in total. The molecule has 1 heterocycles. The van der Waals surface area contributed by atoms with Gasteiger partial charge in [-0.05, 0) is 18.9 Å². The van der Waals surface area contributed by atoms with Gasteiger partial charge in [0, 0.05) is 30.9 Å². The summed E-state index contributed by atoms with van der Waals surface area (Å²) in [7, 11) is 0. The van der Waals surface area contributed by atoms with Crippen LogP contribution >= 0.6 is 0 Å². The molecule has 0 spiro atoms. The Morgan fingerprint density at radius 1 is 1.24 bits per heavy atom. The lowest BCUT2D eigenvalue weighted by atomic mass is 10.0. The monoisotopic (exact) mass is 229 g/mol. The van der Waals surface area contributed by atoms with Crippen LogP contribution in [0.15, 0.2) is 42.9 Å². The molecule has 0 aliphatic heterocycles. The number of aromatic nitrogens is 2. The maximum Gasteiger partial charge on any atom is 0.0948 e. The van der Waals surface area contributed by atoms with E-state index < -0.39 is 0 Å². The minimum absolute atomic E-state index is 0.152. The van der Waals surface area contributed by atoms with Gasteiger partial charge in [0.1, 0.15) is 0 Å². The van der Waals surface area contributed by atoms with Crippen molar-refractivity contribution in [2.24, 2.45) is 5.73 Å². The van der Waals surface area contributed by atoms with Crippen molar-refractivity contribution in [1.29, 1.82) is 0 Å². The van der Waals surface area contributed by atoms with Crippen LogP contribution in [0.25, 0.3) is 0 Å². The van der Waals surface area contributed by atoms with E-state index in [2.05, 4.69) is 40.7 Å². The predicted molar refractivity (Wildman–Crippen MR) is 69.7 cm³/mol. The Labute approximate surface area is 102 Å². The number of nitrogens with two attached hydrogens (primary N) is 1. The molecule has 0 aliphatic carbocycles. The minimum Gasteiger partial charge on any atom is -0.335 e. The fraction of sp³-hybridized carbons (Fsp3) is 0.357. The van der Waals surface area contributed by atoms with Crippen LogP contribution in [-0.4, -0.2) is 15.6 Å². The highest BCUT2D eigenvalue weighted by Gasteiger charge is 2.08. The van der Waals surface area contributed by atoms with E-state index in [1.54, 1.807) is 0 Å². The van der Waals surface area contributed by atoms with Gasteiger partial charge in [-0.15, -0.1) is 0 Å². The summed E-state index contributed by atoms with van der Waals surface area (Å²) in [4.78, 5) is 4.16. The standard InChI is InChI=1S/C14H19N3/c1-2-17-11-16-10-14(17)9-13(15)8-12-6-4-3-5-7-12/h3-7,10-11,13H,2,8-9,15H2,1H3. The fourth-order valence-corrected chi connectivity index (χ4v) is 2.06. The van der Waals surface area contributed by atoms with E-state index >= 15 is 0 Å². The number of aryl methyl sites for hydroxylation is 1. The second kappa shape index (κ2) is 5.64. The van der Waals surface area contributed by atoms with E-state index in [1.807, 2.05) is 18.6 Å². The third kappa shape index (κ3) is 3.17. The van der Waals surface area contributed by atoms with Crippen LogP contribution in [0.2, 0.25) is 0 Å². The maximum absolute atomic E-state index is 6.18. The largest absolute Gasteiger partial charge is 0.335 e. The van der Waals surface area contributed by atoms with Gasteiger partial charge in [0.2, 0.25) is 0 Å². The minimum atomic E-state index is 0.152. The zero-order chi connectivity index (χ0) is 12.1. The third-order valence-corrected chi connectivity index (χ3v) is 2.95. The second-order valence-corrected chi connectivity index (χ2v) is 4.32. The Morgan fingerprint density at radius 2 is 2.00 bits per heavy atom. The van der Waals surface area contributed by atoms with Crippen molar-refractivity contribution < 1.29 is 0 Å². The topological polar surface area (TPSA) is 43.8 Å². The highest BCUT2D eigenvalue weighted by atomic mass is 15.0. The molecule has 1 unspecified atom stereocenters. The number of hydrogen-bond donors (Lipinski definition) is 1. The van der Waals surface area contributed by atoms with Crippen LogP contribution in [-0.2, 0) is 19.4 Å². The first-order chi connectivity index (χ1) is 8.29. The highest BCUT2D eigenvalue weighted by molar-refractivity contribution is 5.16. The van der Waals surface area contributed by atoms with Crippen molar-refractivity contribution in [1.82, 2.24) is 9.55 Å². The van der Waals surface area contributed by atoms with E-state index in [0.29, 0.717) is 0 Å². The summed E-state index contributed by atoms with van der Waals surface area (Å²) in [5.41, 5.74) is 8.69. The molecular formula is C14H19N3. The number of nitrogens with zero attached hydrogens (tertiary/aromatic N) is 2. The Bertz CT molecular complexity index is 448. The summed E-state index contributed by atoms with van der Waals surface area (Å²) in [5.74, 6) is 0. The number of rotatable bonds is 5. The first-order valence-corrected chi connectivity index (χ1v) is 6.08. The molecular weight excluding hydrogens is 210 g/mol. The molecule has 1 aromatic heterocycles. The molecule has 1 aromatic carbocycles.